The van der Waals surface area contributed by atoms with Crippen LogP contribution in [-0.4, -0.2) is 22.4 Å². The predicted molar refractivity (Wildman–Crippen MR) is 120 cm³/mol. The van der Waals surface area contributed by atoms with Gasteiger partial charge >= 0.3 is 0 Å². The summed E-state index contributed by atoms with van der Waals surface area (Å²) in [5.41, 5.74) is 7.10. The first-order chi connectivity index (χ1) is 15.2. The Kier molecular flexibility index (Phi) is 5.84. The van der Waals surface area contributed by atoms with Crippen LogP contribution in [-0.2, 0) is 0 Å². The summed E-state index contributed by atoms with van der Waals surface area (Å²) in [6, 6.07) is 21.7. The lowest BCUT2D eigenvalue weighted by atomic mass is 10.1. The number of benzene rings is 3. The van der Waals surface area contributed by atoms with E-state index >= 15 is 0 Å². The summed E-state index contributed by atoms with van der Waals surface area (Å²) in [7, 11) is 0. The van der Waals surface area contributed by atoms with Crippen molar-refractivity contribution >= 4 is 22.2 Å². The highest BCUT2D eigenvalue weighted by Gasteiger charge is 2.11. The molecule has 7 heteroatoms. The van der Waals surface area contributed by atoms with Crippen molar-refractivity contribution in [2.75, 3.05) is 6.86 Å². The number of hydrogen-bond acceptors (Lipinski definition) is 5. The van der Waals surface area contributed by atoms with E-state index in [1.165, 1.54) is 23.1 Å². The normalized spacial score (nSPS) is 11.8. The minimum atomic E-state index is -0.935. The molecule has 4 aromatic rings. The van der Waals surface area contributed by atoms with Gasteiger partial charge in [-0.05, 0) is 35.9 Å². The molecule has 0 unspecified atom stereocenters. The Morgan fingerprint density at radius 3 is 2.74 bits per heavy atom. The Bertz CT molecular complexity index is 1340. The highest BCUT2D eigenvalue weighted by atomic mass is 19.1. The molecule has 3 aromatic carbocycles. The fourth-order valence-corrected chi connectivity index (χ4v) is 3.20. The lowest BCUT2D eigenvalue weighted by Crippen LogP contribution is -2.20. The van der Waals surface area contributed by atoms with E-state index in [-0.39, 0.29) is 11.1 Å². The first-order valence-corrected chi connectivity index (χ1v) is 9.54. The summed E-state index contributed by atoms with van der Waals surface area (Å²) in [5.74, 6) is 0.355. The van der Waals surface area contributed by atoms with Crippen LogP contribution in [0, 0.1) is 0 Å². The van der Waals surface area contributed by atoms with Crippen LogP contribution in [0.25, 0.3) is 16.5 Å². The van der Waals surface area contributed by atoms with E-state index in [0.29, 0.717) is 22.8 Å². The number of fused-ring (bicyclic) bond motifs is 1. The maximum absolute atomic E-state index is 12.6. The number of halogens is 1. The van der Waals surface area contributed by atoms with Crippen LogP contribution in [0.1, 0.15) is 5.69 Å². The molecule has 0 atom stereocenters. The van der Waals surface area contributed by atoms with Crippen LogP contribution >= 0.6 is 0 Å². The molecule has 31 heavy (non-hydrogen) atoms. The van der Waals surface area contributed by atoms with Crippen molar-refractivity contribution in [1.82, 2.24) is 9.78 Å². The second-order valence-electron chi connectivity index (χ2n) is 6.58. The summed E-state index contributed by atoms with van der Waals surface area (Å²) in [6.07, 6.45) is 4.39. The Morgan fingerprint density at radius 1 is 1.10 bits per heavy atom. The number of hydrogen-bond donors (Lipinski definition) is 1. The van der Waals surface area contributed by atoms with Crippen molar-refractivity contribution in [3.63, 3.8) is 0 Å². The molecule has 1 heterocycles. The van der Waals surface area contributed by atoms with Crippen molar-refractivity contribution in [1.29, 1.82) is 0 Å². The van der Waals surface area contributed by atoms with Crippen LogP contribution in [0.4, 0.5) is 10.1 Å². The topological polar surface area (TPSA) is 82.5 Å². The zero-order chi connectivity index (χ0) is 21.6. The maximum atomic E-state index is 12.6. The fraction of sp³-hybridized carbons (Fsp3) is 0.0417. The highest BCUT2D eigenvalue weighted by Crippen LogP contribution is 2.26. The highest BCUT2D eigenvalue weighted by molar-refractivity contribution is 6.10. The van der Waals surface area contributed by atoms with E-state index < -0.39 is 6.86 Å². The number of aromatic nitrogens is 2. The molecule has 0 saturated heterocycles. The molecule has 6 nitrogen and oxygen atoms in total. The molecule has 2 N–H and O–H groups in total. The molecule has 0 aliphatic rings. The molecule has 0 aliphatic heterocycles. The Labute approximate surface area is 177 Å². The first-order valence-electron chi connectivity index (χ1n) is 9.54. The third kappa shape index (κ3) is 4.35. The average Bonchev–Trinajstić information content (AvgIpc) is 2.80. The van der Waals surface area contributed by atoms with Gasteiger partial charge in [0.25, 0.3) is 0 Å². The van der Waals surface area contributed by atoms with Gasteiger partial charge in [0.15, 0.2) is 5.69 Å². The van der Waals surface area contributed by atoms with Crippen LogP contribution in [0.2, 0.25) is 0 Å². The standard InChI is InChI=1S/C24H19FN4O2/c25-16-31-19-8-4-7-18(15-19)29-14-12-23(30)24(28-29)22(11-13-26)27-21-10-3-6-17-5-1-2-9-20(17)21/h1-15H,16,26H2. The third-order valence-corrected chi connectivity index (χ3v) is 4.62. The zero-order valence-corrected chi connectivity index (χ0v) is 16.5. The van der Waals surface area contributed by atoms with Crippen LogP contribution in [0.5, 0.6) is 5.75 Å². The molecule has 154 valence electrons. The van der Waals surface area contributed by atoms with Crippen LogP contribution < -0.4 is 15.9 Å². The monoisotopic (exact) mass is 414 g/mol. The largest absolute Gasteiger partial charge is 0.463 e. The van der Waals surface area contributed by atoms with E-state index in [4.69, 9.17) is 10.5 Å². The molecule has 0 amide bonds. The Morgan fingerprint density at radius 2 is 1.90 bits per heavy atom. The van der Waals surface area contributed by atoms with Crippen LogP contribution in [0.3, 0.4) is 0 Å². The number of aliphatic imine (C=N–C) groups is 1. The lowest BCUT2D eigenvalue weighted by Gasteiger charge is -2.10. The van der Waals surface area contributed by atoms with E-state index in [0.717, 1.165) is 10.8 Å². The molecule has 0 radical (unpaired) electrons. The van der Waals surface area contributed by atoms with Crippen molar-refractivity contribution < 1.29 is 9.13 Å². The summed E-state index contributed by atoms with van der Waals surface area (Å²) in [4.78, 5) is 17.3. The van der Waals surface area contributed by atoms with E-state index in [1.807, 2.05) is 42.5 Å². The third-order valence-electron chi connectivity index (χ3n) is 4.62. The minimum Gasteiger partial charge on any atom is -0.463 e. The van der Waals surface area contributed by atoms with Gasteiger partial charge in [0.2, 0.25) is 12.3 Å². The van der Waals surface area contributed by atoms with Gasteiger partial charge in [0.1, 0.15) is 5.75 Å². The van der Waals surface area contributed by atoms with Crippen molar-refractivity contribution in [3.8, 4) is 11.4 Å². The van der Waals surface area contributed by atoms with Crippen molar-refractivity contribution in [3.05, 3.63) is 107 Å². The molecule has 1 aromatic heterocycles. The minimum absolute atomic E-state index is 0.133. The maximum Gasteiger partial charge on any atom is 0.228 e. The van der Waals surface area contributed by atoms with Gasteiger partial charge in [-0.15, -0.1) is 0 Å². The molecule has 4 rings (SSSR count). The molecule has 0 spiro atoms. The summed E-state index contributed by atoms with van der Waals surface area (Å²) in [5, 5.41) is 6.43. The lowest BCUT2D eigenvalue weighted by molar-refractivity contribution is 0.191. The second kappa shape index (κ2) is 9.04. The van der Waals surface area contributed by atoms with Crippen molar-refractivity contribution in [2.45, 2.75) is 0 Å². The number of allylic oxidation sites excluding steroid dienone is 1. The van der Waals surface area contributed by atoms with Gasteiger partial charge < -0.3 is 10.5 Å². The second-order valence-corrected chi connectivity index (χ2v) is 6.58. The smallest absolute Gasteiger partial charge is 0.228 e. The van der Waals surface area contributed by atoms with Gasteiger partial charge in [-0.3, -0.25) is 4.79 Å². The van der Waals surface area contributed by atoms with Gasteiger partial charge in [0, 0.05) is 23.7 Å². The number of ether oxygens (including phenoxy) is 1. The molecular formula is C24H19FN4O2. The Balaban J connectivity index is 1.84. The van der Waals surface area contributed by atoms with Crippen LogP contribution in [0.15, 0.2) is 101 Å². The molecule has 0 aliphatic carbocycles. The Hall–Kier alpha value is -4.26. The van der Waals surface area contributed by atoms with Gasteiger partial charge in [-0.25, -0.2) is 14.1 Å². The van der Waals surface area contributed by atoms with E-state index in [9.17, 15) is 9.18 Å². The predicted octanol–water partition coefficient (Wildman–Crippen LogP) is 4.28. The first kappa shape index (κ1) is 20.0. The summed E-state index contributed by atoms with van der Waals surface area (Å²) in [6.45, 7) is -0.935. The van der Waals surface area contributed by atoms with Gasteiger partial charge in [-0.1, -0.05) is 42.5 Å². The number of nitrogens with zero attached hydrogens (tertiary/aromatic N) is 3. The fourth-order valence-electron chi connectivity index (χ4n) is 3.20. The summed E-state index contributed by atoms with van der Waals surface area (Å²) >= 11 is 0. The molecule has 0 fully saturated rings. The molecule has 0 saturated carbocycles. The summed E-state index contributed by atoms with van der Waals surface area (Å²) < 4.78 is 18.9. The number of alkyl halides is 1. The average molecular weight is 414 g/mol. The van der Waals surface area contributed by atoms with Gasteiger partial charge in [-0.2, -0.15) is 5.10 Å². The quantitative estimate of drug-likeness (QED) is 0.477. The van der Waals surface area contributed by atoms with E-state index in [1.54, 1.807) is 30.3 Å². The number of rotatable bonds is 6. The van der Waals surface area contributed by atoms with E-state index in [2.05, 4.69) is 10.1 Å². The van der Waals surface area contributed by atoms with Gasteiger partial charge in [0.05, 0.1) is 17.1 Å². The zero-order valence-electron chi connectivity index (χ0n) is 16.5. The van der Waals surface area contributed by atoms with Crippen molar-refractivity contribution in [2.24, 2.45) is 10.7 Å². The molecule has 0 bridgehead atoms. The SMILES string of the molecule is NC=CC(=Nc1cccc2ccccc12)c1nn(-c2cccc(OCF)c2)ccc1=O. The number of nitrogens with two attached hydrogens (primary N) is 1. The molecular weight excluding hydrogens is 395 g/mol.